The van der Waals surface area contributed by atoms with Crippen LogP contribution in [0.3, 0.4) is 0 Å². The molecule has 0 aromatic carbocycles. The second kappa shape index (κ2) is 8.17. The lowest BCUT2D eigenvalue weighted by Gasteiger charge is -2.26. The number of nitrogens with zero attached hydrogens (tertiary/aromatic N) is 2. The van der Waals surface area contributed by atoms with Crippen molar-refractivity contribution >= 4 is 28.2 Å². The largest absolute Gasteiger partial charge is 0.469 e. The highest BCUT2D eigenvalue weighted by Gasteiger charge is 2.27. The van der Waals surface area contributed by atoms with E-state index in [2.05, 4.69) is 11.4 Å². The summed E-state index contributed by atoms with van der Waals surface area (Å²) in [5, 5.41) is 12.9. The highest BCUT2D eigenvalue weighted by molar-refractivity contribution is 7.16. The van der Waals surface area contributed by atoms with Gasteiger partial charge >= 0.3 is 0 Å². The summed E-state index contributed by atoms with van der Waals surface area (Å²) >= 11 is 1.36. The summed E-state index contributed by atoms with van der Waals surface area (Å²) in [5.41, 5.74) is 1.44. The number of fused-ring (bicyclic) bond motifs is 1. The number of hydrogen-bond acceptors (Lipinski definition) is 6. The number of carbonyl (C=O) groups is 2. The molecule has 0 atom stereocenters. The molecule has 26 heavy (non-hydrogen) atoms. The zero-order chi connectivity index (χ0) is 18.5. The van der Waals surface area contributed by atoms with Crippen molar-refractivity contribution in [1.29, 1.82) is 5.26 Å². The Morgan fingerprint density at radius 1 is 1.50 bits per heavy atom. The van der Waals surface area contributed by atoms with Crippen molar-refractivity contribution < 1.29 is 18.7 Å². The van der Waals surface area contributed by atoms with Crippen molar-refractivity contribution in [1.82, 2.24) is 4.90 Å². The zero-order valence-electron chi connectivity index (χ0n) is 14.4. The molecule has 0 saturated carbocycles. The molecule has 0 spiro atoms. The number of ether oxygens (including phenoxy) is 1. The number of hydrogen-bond donors (Lipinski definition) is 1. The van der Waals surface area contributed by atoms with E-state index < -0.39 is 0 Å². The minimum atomic E-state index is -0.163. The summed E-state index contributed by atoms with van der Waals surface area (Å²) in [5.74, 6) is 0.510. The van der Waals surface area contributed by atoms with Crippen LogP contribution in [0.15, 0.2) is 22.8 Å². The fraction of sp³-hybridized carbons (Fsp3) is 0.389. The quantitative estimate of drug-likeness (QED) is 0.838. The van der Waals surface area contributed by atoms with Gasteiger partial charge in [0.25, 0.3) is 0 Å². The van der Waals surface area contributed by atoms with Crippen LogP contribution in [-0.2, 0) is 33.7 Å². The van der Waals surface area contributed by atoms with E-state index >= 15 is 0 Å². The van der Waals surface area contributed by atoms with Crippen LogP contribution in [0, 0.1) is 11.3 Å². The number of nitrogens with one attached hydrogen (secondary N) is 1. The fourth-order valence-corrected chi connectivity index (χ4v) is 4.15. The minimum Gasteiger partial charge on any atom is -0.469 e. The summed E-state index contributed by atoms with van der Waals surface area (Å²) in [6.07, 6.45) is 2.96. The first-order valence-electron chi connectivity index (χ1n) is 8.26. The van der Waals surface area contributed by atoms with Crippen molar-refractivity contribution in [3.8, 4) is 6.07 Å². The number of anilines is 1. The van der Waals surface area contributed by atoms with Crippen molar-refractivity contribution in [3.05, 3.63) is 40.2 Å². The maximum absolute atomic E-state index is 12.2. The molecule has 8 heteroatoms. The Kier molecular flexibility index (Phi) is 5.71. The van der Waals surface area contributed by atoms with Gasteiger partial charge in [0.05, 0.1) is 18.4 Å². The molecule has 2 aromatic rings. The first kappa shape index (κ1) is 18.2. The van der Waals surface area contributed by atoms with E-state index in [4.69, 9.17) is 9.15 Å². The number of methoxy groups -OCH3 is 1. The summed E-state index contributed by atoms with van der Waals surface area (Å²) in [4.78, 5) is 26.9. The fourth-order valence-electron chi connectivity index (χ4n) is 2.92. The second-order valence-corrected chi connectivity index (χ2v) is 7.05. The van der Waals surface area contributed by atoms with Crippen molar-refractivity contribution in [2.45, 2.75) is 25.8 Å². The van der Waals surface area contributed by atoms with Crippen LogP contribution in [0.4, 0.5) is 5.00 Å². The van der Waals surface area contributed by atoms with Crippen LogP contribution in [0.5, 0.6) is 0 Å². The van der Waals surface area contributed by atoms with Gasteiger partial charge in [0.2, 0.25) is 11.8 Å². The van der Waals surface area contributed by atoms with E-state index in [9.17, 15) is 14.9 Å². The van der Waals surface area contributed by atoms with Crippen LogP contribution >= 0.6 is 11.3 Å². The highest BCUT2D eigenvalue weighted by atomic mass is 32.1. The van der Waals surface area contributed by atoms with Crippen molar-refractivity contribution in [2.75, 3.05) is 25.6 Å². The van der Waals surface area contributed by atoms with E-state index in [0.717, 1.165) is 16.2 Å². The maximum atomic E-state index is 12.2. The number of thiophene rings is 1. The Balaban J connectivity index is 1.68. The molecule has 2 amide bonds. The second-order valence-electron chi connectivity index (χ2n) is 5.95. The highest BCUT2D eigenvalue weighted by Crippen LogP contribution is 2.36. The molecule has 0 bridgehead atoms. The number of furan rings is 1. The number of aryl methyl sites for hydroxylation is 1. The Morgan fingerprint density at radius 3 is 3.04 bits per heavy atom. The predicted octanol–water partition coefficient (Wildman–Crippen LogP) is 2.32. The lowest BCUT2D eigenvalue weighted by molar-refractivity contribution is -0.136. The molecule has 1 N–H and O–H groups in total. The summed E-state index contributed by atoms with van der Waals surface area (Å²) < 4.78 is 10.1. The SMILES string of the molecule is COCC(=O)N1CCc2c(sc(NC(=O)CCc3ccco3)c2C#N)C1. The average Bonchev–Trinajstić information content (AvgIpc) is 3.26. The minimum absolute atomic E-state index is 0.0438. The molecule has 1 aliphatic heterocycles. The summed E-state index contributed by atoms with van der Waals surface area (Å²) in [6, 6.07) is 5.80. The van der Waals surface area contributed by atoms with Crippen LogP contribution in [0.2, 0.25) is 0 Å². The van der Waals surface area contributed by atoms with Crippen LogP contribution in [0.25, 0.3) is 0 Å². The van der Waals surface area contributed by atoms with Gasteiger partial charge in [-0.05, 0) is 24.1 Å². The average molecular weight is 373 g/mol. The first-order valence-corrected chi connectivity index (χ1v) is 9.07. The van der Waals surface area contributed by atoms with Gasteiger partial charge in [-0.15, -0.1) is 11.3 Å². The van der Waals surface area contributed by atoms with Gasteiger partial charge in [-0.25, -0.2) is 0 Å². The molecule has 1 aliphatic rings. The van der Waals surface area contributed by atoms with Gasteiger partial charge < -0.3 is 19.4 Å². The number of carbonyl (C=O) groups excluding carboxylic acids is 2. The maximum Gasteiger partial charge on any atom is 0.248 e. The molecule has 0 unspecified atom stereocenters. The van der Waals surface area contributed by atoms with Gasteiger partial charge in [-0.3, -0.25) is 9.59 Å². The molecule has 0 fully saturated rings. The molecule has 3 heterocycles. The van der Waals surface area contributed by atoms with Gasteiger partial charge in [0.15, 0.2) is 0 Å². The lowest BCUT2D eigenvalue weighted by atomic mass is 10.0. The Bertz CT molecular complexity index is 835. The van der Waals surface area contributed by atoms with Gasteiger partial charge in [-0.1, -0.05) is 0 Å². The summed E-state index contributed by atoms with van der Waals surface area (Å²) in [7, 11) is 1.49. The molecule has 0 aliphatic carbocycles. The normalized spacial score (nSPS) is 13.2. The number of rotatable bonds is 6. The number of amides is 2. The van der Waals surface area contributed by atoms with E-state index in [-0.39, 0.29) is 24.8 Å². The molecule has 7 nitrogen and oxygen atoms in total. The predicted molar refractivity (Wildman–Crippen MR) is 95.7 cm³/mol. The molecule has 136 valence electrons. The third-order valence-electron chi connectivity index (χ3n) is 4.22. The van der Waals surface area contributed by atoms with E-state index in [1.165, 1.54) is 18.4 Å². The van der Waals surface area contributed by atoms with E-state index in [1.807, 2.05) is 6.07 Å². The van der Waals surface area contributed by atoms with E-state index in [0.29, 0.717) is 36.5 Å². The van der Waals surface area contributed by atoms with Gasteiger partial charge in [0, 0.05) is 31.4 Å². The zero-order valence-corrected chi connectivity index (χ0v) is 15.2. The van der Waals surface area contributed by atoms with E-state index in [1.54, 1.807) is 17.2 Å². The molecule has 0 radical (unpaired) electrons. The smallest absolute Gasteiger partial charge is 0.248 e. The Morgan fingerprint density at radius 2 is 2.35 bits per heavy atom. The third-order valence-corrected chi connectivity index (χ3v) is 5.35. The first-order chi connectivity index (χ1) is 12.6. The Labute approximate surface area is 155 Å². The molecule has 2 aromatic heterocycles. The van der Waals surface area contributed by atoms with Gasteiger partial charge in [0.1, 0.15) is 23.4 Å². The monoisotopic (exact) mass is 373 g/mol. The Hall–Kier alpha value is -2.63. The third kappa shape index (κ3) is 3.95. The van der Waals surface area contributed by atoms with Crippen molar-refractivity contribution in [2.24, 2.45) is 0 Å². The van der Waals surface area contributed by atoms with Crippen LogP contribution in [0.1, 0.15) is 28.2 Å². The molecule has 3 rings (SSSR count). The van der Waals surface area contributed by atoms with Crippen LogP contribution in [-0.4, -0.2) is 37.0 Å². The topological polar surface area (TPSA) is 95.6 Å². The van der Waals surface area contributed by atoms with Crippen LogP contribution < -0.4 is 5.32 Å². The van der Waals surface area contributed by atoms with Crippen molar-refractivity contribution in [3.63, 3.8) is 0 Å². The molecular weight excluding hydrogens is 354 g/mol. The van der Waals surface area contributed by atoms with Gasteiger partial charge in [-0.2, -0.15) is 5.26 Å². The molecular formula is C18H19N3O4S. The lowest BCUT2D eigenvalue weighted by Crippen LogP contribution is -2.37. The standard InChI is InChI=1S/C18H19N3O4S/c1-24-11-17(23)21-7-6-13-14(9-19)18(26-15(13)10-21)20-16(22)5-4-12-3-2-8-25-12/h2-3,8H,4-7,10-11H2,1H3,(H,20,22). The summed E-state index contributed by atoms with van der Waals surface area (Å²) in [6.45, 7) is 1.04. The number of nitriles is 1. The molecule has 0 saturated heterocycles.